The molecule has 3 rings (SSSR count). The molecule has 0 aromatic heterocycles. The van der Waals surface area contributed by atoms with Crippen molar-refractivity contribution in [3.63, 3.8) is 0 Å². The van der Waals surface area contributed by atoms with E-state index in [2.05, 4.69) is 0 Å². The maximum Gasteiger partial charge on any atom is 0.326 e. The zero-order valence-corrected chi connectivity index (χ0v) is 18.9. The average molecular weight is 476 g/mol. The van der Waals surface area contributed by atoms with Gasteiger partial charge in [-0.25, -0.2) is 13.2 Å². The minimum Gasteiger partial charge on any atom is -0.459 e. The van der Waals surface area contributed by atoms with Crippen LogP contribution in [0.1, 0.15) is 31.1 Å². The molecule has 0 N–H and O–H groups in total. The Morgan fingerprint density at radius 1 is 0.939 bits per heavy atom. The zero-order chi connectivity index (χ0) is 24.3. The Kier molecular flexibility index (Phi) is 7.12. The highest BCUT2D eigenvalue weighted by Crippen LogP contribution is 2.31. The van der Waals surface area contributed by atoms with E-state index in [1.807, 2.05) is 0 Å². The number of anilines is 1. The summed E-state index contributed by atoms with van der Waals surface area (Å²) in [6, 6.07) is 14.2. The lowest BCUT2D eigenvalue weighted by Crippen LogP contribution is -2.39. The van der Waals surface area contributed by atoms with Crippen molar-refractivity contribution >= 4 is 29.2 Å². The van der Waals surface area contributed by atoms with Crippen LogP contribution < -0.4 is 4.90 Å². The highest BCUT2D eigenvalue weighted by atomic mass is 35.5. The van der Waals surface area contributed by atoms with Crippen molar-refractivity contribution in [2.75, 3.05) is 11.4 Å². The summed E-state index contributed by atoms with van der Waals surface area (Å²) in [6.07, 6.45) is 0. The normalized spacial score (nSPS) is 11.2. The largest absolute Gasteiger partial charge is 0.459 e. The second-order valence-corrected chi connectivity index (χ2v) is 8.66. The monoisotopic (exact) mass is 475 g/mol. The highest BCUT2D eigenvalue weighted by Gasteiger charge is 2.29. The van der Waals surface area contributed by atoms with Crippen LogP contribution >= 0.6 is 11.6 Å². The molecule has 0 bridgehead atoms. The predicted octanol–water partition coefficient (Wildman–Crippen LogP) is 6.41. The number of hydrogen-bond acceptors (Lipinski definition) is 3. The van der Waals surface area contributed by atoms with Gasteiger partial charge >= 0.3 is 5.97 Å². The van der Waals surface area contributed by atoms with E-state index in [4.69, 9.17) is 16.3 Å². The Balaban J connectivity index is 2.08. The number of benzene rings is 3. The lowest BCUT2D eigenvalue weighted by Gasteiger charge is -2.26. The molecular weight excluding hydrogens is 455 g/mol. The van der Waals surface area contributed by atoms with E-state index >= 15 is 0 Å². The number of nitrogens with zero attached hydrogens (tertiary/aromatic N) is 1. The molecule has 0 aliphatic heterocycles. The quantitative estimate of drug-likeness (QED) is 0.400. The smallest absolute Gasteiger partial charge is 0.326 e. The molecule has 3 aromatic carbocycles. The van der Waals surface area contributed by atoms with Crippen LogP contribution in [0.15, 0.2) is 60.7 Å². The van der Waals surface area contributed by atoms with Gasteiger partial charge < -0.3 is 4.74 Å². The fourth-order valence-corrected chi connectivity index (χ4v) is 3.45. The first-order chi connectivity index (χ1) is 15.5. The third-order valence-electron chi connectivity index (χ3n) is 4.52. The van der Waals surface area contributed by atoms with E-state index in [1.165, 1.54) is 6.07 Å². The van der Waals surface area contributed by atoms with Crippen molar-refractivity contribution in [1.29, 1.82) is 0 Å². The maximum absolute atomic E-state index is 14.4. The van der Waals surface area contributed by atoms with Crippen LogP contribution in [0.25, 0.3) is 11.1 Å². The average Bonchev–Trinajstić information content (AvgIpc) is 2.70. The lowest BCUT2D eigenvalue weighted by molar-refractivity contribution is -0.152. The summed E-state index contributed by atoms with van der Waals surface area (Å²) in [7, 11) is 0. The Hall–Kier alpha value is -3.32. The number of rotatable bonds is 5. The van der Waals surface area contributed by atoms with Gasteiger partial charge in [0.05, 0.1) is 0 Å². The number of carbonyl (C=O) groups is 2. The van der Waals surface area contributed by atoms with Crippen molar-refractivity contribution < 1.29 is 27.5 Å². The van der Waals surface area contributed by atoms with Gasteiger partial charge in [-0.15, -0.1) is 0 Å². The fourth-order valence-electron chi connectivity index (χ4n) is 3.20. The number of amides is 1. The van der Waals surface area contributed by atoms with Crippen LogP contribution in [0.2, 0.25) is 5.02 Å². The van der Waals surface area contributed by atoms with Crippen molar-refractivity contribution in [2.45, 2.75) is 26.4 Å². The van der Waals surface area contributed by atoms with Crippen LogP contribution in [-0.2, 0) is 9.53 Å². The number of carbonyl (C=O) groups excluding carboxylic acids is 2. The second kappa shape index (κ2) is 9.67. The molecule has 0 aliphatic carbocycles. The molecule has 0 aliphatic rings. The van der Waals surface area contributed by atoms with Gasteiger partial charge in [-0.1, -0.05) is 41.9 Å². The van der Waals surface area contributed by atoms with Crippen molar-refractivity contribution in [2.24, 2.45) is 0 Å². The number of esters is 1. The number of hydrogen-bond donors (Lipinski definition) is 0. The van der Waals surface area contributed by atoms with E-state index in [9.17, 15) is 22.8 Å². The highest BCUT2D eigenvalue weighted by molar-refractivity contribution is 6.33. The van der Waals surface area contributed by atoms with Crippen LogP contribution in [-0.4, -0.2) is 24.0 Å². The Labute approximate surface area is 194 Å². The number of halogens is 4. The van der Waals surface area contributed by atoms with Crippen LogP contribution in [0, 0.1) is 17.5 Å². The van der Waals surface area contributed by atoms with Gasteiger partial charge in [0.2, 0.25) is 0 Å². The van der Waals surface area contributed by atoms with Gasteiger partial charge in [0.15, 0.2) is 0 Å². The summed E-state index contributed by atoms with van der Waals surface area (Å²) in [4.78, 5) is 26.6. The minimum absolute atomic E-state index is 0.173. The first kappa shape index (κ1) is 24.3. The second-order valence-electron chi connectivity index (χ2n) is 8.25. The standard InChI is InChI=1S/C25H21ClF3NO3/c1-25(2,3)33-22(31)14-30(24(32)23-20(28)12-16(27)13-21(23)29)17-8-6-7-15(11-17)18-9-4-5-10-19(18)26/h4-13H,14H2,1-3H3. The first-order valence-corrected chi connectivity index (χ1v) is 10.4. The van der Waals surface area contributed by atoms with Crippen molar-refractivity contribution in [1.82, 2.24) is 0 Å². The summed E-state index contributed by atoms with van der Waals surface area (Å²) in [5.74, 6) is -5.88. The third kappa shape index (κ3) is 5.93. The molecule has 0 saturated carbocycles. The molecule has 8 heteroatoms. The van der Waals surface area contributed by atoms with Gasteiger partial charge in [0.25, 0.3) is 5.91 Å². The number of ether oxygens (including phenoxy) is 1. The zero-order valence-electron chi connectivity index (χ0n) is 18.2. The summed E-state index contributed by atoms with van der Waals surface area (Å²) >= 11 is 6.27. The van der Waals surface area contributed by atoms with Gasteiger partial charge in [-0.05, 0) is 44.5 Å². The molecule has 4 nitrogen and oxygen atoms in total. The van der Waals surface area contributed by atoms with Crippen LogP contribution in [0.3, 0.4) is 0 Å². The third-order valence-corrected chi connectivity index (χ3v) is 4.85. The molecule has 0 radical (unpaired) electrons. The molecule has 33 heavy (non-hydrogen) atoms. The molecule has 1 amide bonds. The topological polar surface area (TPSA) is 46.6 Å². The van der Waals surface area contributed by atoms with Gasteiger partial charge in [0, 0.05) is 28.4 Å². The van der Waals surface area contributed by atoms with E-state index in [1.54, 1.807) is 63.2 Å². The molecule has 0 unspecified atom stereocenters. The fraction of sp³-hybridized carbons (Fsp3) is 0.200. The molecule has 172 valence electrons. The predicted molar refractivity (Wildman–Crippen MR) is 121 cm³/mol. The Morgan fingerprint density at radius 3 is 2.18 bits per heavy atom. The summed E-state index contributed by atoms with van der Waals surface area (Å²) in [5, 5.41) is 0.454. The van der Waals surface area contributed by atoms with Crippen LogP contribution in [0.4, 0.5) is 18.9 Å². The van der Waals surface area contributed by atoms with Gasteiger partial charge in [0.1, 0.15) is 35.2 Å². The van der Waals surface area contributed by atoms with Gasteiger partial charge in [-0.2, -0.15) is 0 Å². The molecule has 0 fully saturated rings. The molecule has 0 atom stereocenters. The lowest BCUT2D eigenvalue weighted by atomic mass is 10.0. The van der Waals surface area contributed by atoms with Crippen LogP contribution in [0.5, 0.6) is 0 Å². The molecule has 3 aromatic rings. The van der Waals surface area contributed by atoms with E-state index in [0.717, 1.165) is 4.90 Å². The van der Waals surface area contributed by atoms with Crippen molar-refractivity contribution in [3.8, 4) is 11.1 Å². The molecule has 0 saturated heterocycles. The Morgan fingerprint density at radius 2 is 1.58 bits per heavy atom. The molecule has 0 heterocycles. The Bertz CT molecular complexity index is 1180. The maximum atomic E-state index is 14.4. The first-order valence-electron chi connectivity index (χ1n) is 9.99. The van der Waals surface area contributed by atoms with E-state index < -0.39 is 47.0 Å². The summed E-state index contributed by atoms with van der Waals surface area (Å²) < 4.78 is 47.4. The van der Waals surface area contributed by atoms with Crippen molar-refractivity contribution in [3.05, 3.63) is 88.7 Å². The molecular formula is C25H21ClF3NO3. The van der Waals surface area contributed by atoms with E-state index in [-0.39, 0.29) is 5.69 Å². The molecule has 0 spiro atoms. The SMILES string of the molecule is CC(C)(C)OC(=O)CN(C(=O)c1c(F)cc(F)cc1F)c1cccc(-c2ccccc2Cl)c1. The van der Waals surface area contributed by atoms with Gasteiger partial charge in [-0.3, -0.25) is 14.5 Å². The summed E-state index contributed by atoms with van der Waals surface area (Å²) in [5.41, 5.74) is -0.392. The van der Waals surface area contributed by atoms with E-state index in [0.29, 0.717) is 28.3 Å². The summed E-state index contributed by atoms with van der Waals surface area (Å²) in [6.45, 7) is 4.31. The minimum atomic E-state index is -1.38.